The molecule has 0 aliphatic carbocycles. The zero-order valence-electron chi connectivity index (χ0n) is 55.5. The topological polar surface area (TPSA) is 114 Å². The van der Waals surface area contributed by atoms with Gasteiger partial charge in [-0.25, -0.2) is 16.8 Å². The molecule has 6 nitrogen and oxygen atoms in total. The Bertz CT molecular complexity index is 2300. The molecule has 0 saturated heterocycles. The van der Waals surface area contributed by atoms with Gasteiger partial charge in [-0.2, -0.15) is 0 Å². The molecule has 0 amide bonds. The number of benzene rings is 4. The van der Waals surface area contributed by atoms with E-state index in [-0.39, 0.29) is 58.7 Å². The van der Waals surface area contributed by atoms with Crippen molar-refractivity contribution in [2.45, 2.75) is 371 Å². The first-order valence-electron chi connectivity index (χ1n) is 35.9. The molecule has 4 aromatic rings. The number of unbranched alkanes of at least 4 members (excludes halogenated alkanes) is 44. The van der Waals surface area contributed by atoms with Crippen molar-refractivity contribution < 1.29 is 25.9 Å². The summed E-state index contributed by atoms with van der Waals surface area (Å²) in [4.78, 5) is -0.0732. The number of aryl methyl sites for hydroxylation is 4. The minimum atomic E-state index is -4.52. The molecule has 85 heavy (non-hydrogen) atoms. The summed E-state index contributed by atoms with van der Waals surface area (Å²) >= 11 is 0. The van der Waals surface area contributed by atoms with Crippen molar-refractivity contribution in [1.29, 1.82) is 0 Å². The molecule has 0 N–H and O–H groups in total. The van der Waals surface area contributed by atoms with E-state index in [2.05, 4.69) is 52.0 Å². The van der Waals surface area contributed by atoms with Crippen molar-refractivity contribution in [3.05, 3.63) is 82.9 Å². The quantitative estimate of drug-likeness (QED) is 0.0247. The molecular formula is C76H126BaO6S2. The molecule has 0 aliphatic rings. The Balaban J connectivity index is 0.000000573. The summed E-state index contributed by atoms with van der Waals surface area (Å²) in [7, 11) is -9.04. The third kappa shape index (κ3) is 39.6. The SMILES string of the molecule is CCCCCCCCCCCCCCc1cc(S(=O)(=O)[O-])c2cc(CCCCCCCCCCCCCC)ccc2c1.CCCCCCCCCCCCCCc1cc(S(=O)(=O)[O-])c2cc(CCCCCCCCCCCCCC)ccc2c1.[Ba+2]. The maximum absolute atomic E-state index is 12.2. The predicted molar refractivity (Wildman–Crippen MR) is 369 cm³/mol. The van der Waals surface area contributed by atoms with Gasteiger partial charge in [0, 0.05) is 0 Å². The normalized spacial score (nSPS) is 11.8. The average molecular weight is 1340 g/mol. The van der Waals surface area contributed by atoms with Crippen LogP contribution in [0.5, 0.6) is 0 Å². The van der Waals surface area contributed by atoms with E-state index in [4.69, 9.17) is 0 Å². The third-order valence-electron chi connectivity index (χ3n) is 17.9. The van der Waals surface area contributed by atoms with Crippen LogP contribution in [-0.2, 0) is 45.9 Å². The average Bonchev–Trinajstić information content (AvgIpc) is 3.52. The van der Waals surface area contributed by atoms with E-state index in [0.717, 1.165) is 97.2 Å². The number of hydrogen-bond donors (Lipinski definition) is 0. The molecule has 9 heteroatoms. The summed E-state index contributed by atoms with van der Waals surface area (Å²) < 4.78 is 73.2. The number of hydrogen-bond acceptors (Lipinski definition) is 6. The van der Waals surface area contributed by atoms with Gasteiger partial charge >= 0.3 is 48.9 Å². The summed E-state index contributed by atoms with van der Waals surface area (Å²) in [5.74, 6) is 0. The van der Waals surface area contributed by atoms with Crippen LogP contribution in [0.3, 0.4) is 0 Å². The van der Waals surface area contributed by atoms with Crippen molar-refractivity contribution in [3.8, 4) is 0 Å². The monoisotopic (exact) mass is 1340 g/mol. The van der Waals surface area contributed by atoms with Crippen LogP contribution in [0.4, 0.5) is 0 Å². The standard InChI is InChI=1S/2C38H64O3S.Ba/c2*1-3-5-7-9-11-13-15-17-19-21-23-25-27-34-29-30-36-31-35(33-38(37(36)32-34)42(39,40)41)28-26-24-22-20-18-16-14-12-10-8-6-4-2;/h2*29-33H,3-28H2,1-2H3,(H,39,40,41);/q;;+2/p-2. The Labute approximate surface area is 565 Å². The summed E-state index contributed by atoms with van der Waals surface area (Å²) in [5, 5.41) is 2.94. The number of fused-ring (bicyclic) bond motifs is 2. The molecule has 0 aromatic heterocycles. The first-order chi connectivity index (χ1) is 40.9. The minimum Gasteiger partial charge on any atom is -0.744 e. The Morgan fingerprint density at radius 3 is 0.635 bits per heavy atom. The molecule has 0 bridgehead atoms. The van der Waals surface area contributed by atoms with E-state index in [1.807, 2.05) is 24.3 Å². The fourth-order valence-corrected chi connectivity index (χ4v) is 14.0. The zero-order valence-corrected chi connectivity index (χ0v) is 61.6. The Morgan fingerprint density at radius 1 is 0.247 bits per heavy atom. The second-order valence-corrected chi connectivity index (χ2v) is 28.5. The molecule has 0 unspecified atom stereocenters. The molecule has 480 valence electrons. The Kier molecular flexibility index (Phi) is 49.3. The van der Waals surface area contributed by atoms with E-state index in [1.165, 1.54) is 270 Å². The second kappa shape index (κ2) is 52.4. The Hall–Kier alpha value is -1.21. The maximum Gasteiger partial charge on any atom is 2.00 e. The van der Waals surface area contributed by atoms with Crippen LogP contribution >= 0.6 is 0 Å². The van der Waals surface area contributed by atoms with Crippen LogP contribution in [0.2, 0.25) is 0 Å². The van der Waals surface area contributed by atoms with Crippen LogP contribution < -0.4 is 0 Å². The smallest absolute Gasteiger partial charge is 0.744 e. The molecule has 0 radical (unpaired) electrons. The van der Waals surface area contributed by atoms with Gasteiger partial charge in [0.15, 0.2) is 0 Å². The molecule has 4 aromatic carbocycles. The van der Waals surface area contributed by atoms with Crippen LogP contribution in [-0.4, -0.2) is 74.8 Å². The zero-order chi connectivity index (χ0) is 60.6. The van der Waals surface area contributed by atoms with E-state index in [9.17, 15) is 25.9 Å². The molecule has 0 fully saturated rings. The third-order valence-corrected chi connectivity index (χ3v) is 19.6. The van der Waals surface area contributed by atoms with Gasteiger partial charge in [0.2, 0.25) is 0 Å². The fraction of sp³-hybridized carbons (Fsp3) is 0.737. The summed E-state index contributed by atoms with van der Waals surface area (Å²) in [6.07, 6.45) is 66.5. The molecule has 0 spiro atoms. The van der Waals surface area contributed by atoms with Gasteiger partial charge in [0.05, 0.1) is 9.79 Å². The van der Waals surface area contributed by atoms with E-state index in [1.54, 1.807) is 12.1 Å². The fourth-order valence-electron chi connectivity index (χ4n) is 12.6. The minimum absolute atomic E-state index is 0. The van der Waals surface area contributed by atoms with Gasteiger partial charge in [-0.3, -0.25) is 0 Å². The number of rotatable bonds is 54. The van der Waals surface area contributed by atoms with Crippen LogP contribution in [0.25, 0.3) is 21.5 Å². The first-order valence-corrected chi connectivity index (χ1v) is 38.8. The van der Waals surface area contributed by atoms with Crippen molar-refractivity contribution in [3.63, 3.8) is 0 Å². The van der Waals surface area contributed by atoms with Crippen LogP contribution in [0.15, 0.2) is 70.5 Å². The Morgan fingerprint density at radius 2 is 0.435 bits per heavy atom. The largest absolute Gasteiger partial charge is 2.00 e. The van der Waals surface area contributed by atoms with Crippen molar-refractivity contribution in [1.82, 2.24) is 0 Å². The van der Waals surface area contributed by atoms with Gasteiger partial charge in [0.1, 0.15) is 20.2 Å². The van der Waals surface area contributed by atoms with Gasteiger partial charge in [0.25, 0.3) is 0 Å². The van der Waals surface area contributed by atoms with E-state index in [0.29, 0.717) is 10.8 Å². The van der Waals surface area contributed by atoms with Crippen LogP contribution in [0, 0.1) is 0 Å². The molecule has 0 saturated carbocycles. The van der Waals surface area contributed by atoms with Gasteiger partial charge < -0.3 is 9.11 Å². The predicted octanol–water partition coefficient (Wildman–Crippen LogP) is 24.1. The van der Waals surface area contributed by atoms with E-state index >= 15 is 0 Å². The maximum atomic E-state index is 12.2. The van der Waals surface area contributed by atoms with Crippen molar-refractivity contribution in [2.75, 3.05) is 0 Å². The second-order valence-electron chi connectivity index (χ2n) is 25.8. The van der Waals surface area contributed by atoms with Gasteiger partial charge in [-0.05, 0) is 119 Å². The molecular weight excluding hydrogens is 1210 g/mol. The van der Waals surface area contributed by atoms with Gasteiger partial charge in [-0.1, -0.05) is 347 Å². The molecule has 4 rings (SSSR count). The molecule has 0 atom stereocenters. The first kappa shape index (κ1) is 79.9. The van der Waals surface area contributed by atoms with Gasteiger partial charge in [-0.15, -0.1) is 0 Å². The summed E-state index contributed by atoms with van der Waals surface area (Å²) in [5.41, 5.74) is 4.21. The van der Waals surface area contributed by atoms with E-state index < -0.39 is 20.2 Å². The molecule has 0 heterocycles. The summed E-state index contributed by atoms with van der Waals surface area (Å²) in [6.45, 7) is 9.07. The van der Waals surface area contributed by atoms with Crippen molar-refractivity contribution in [2.24, 2.45) is 0 Å². The van der Waals surface area contributed by atoms with Crippen molar-refractivity contribution >= 4 is 90.7 Å². The summed E-state index contributed by atoms with van der Waals surface area (Å²) in [6, 6.07) is 19.7. The molecule has 0 aliphatic heterocycles. The van der Waals surface area contributed by atoms with Crippen LogP contribution in [0.1, 0.15) is 358 Å².